The lowest BCUT2D eigenvalue weighted by Crippen LogP contribution is -2.27. The van der Waals surface area contributed by atoms with Crippen molar-refractivity contribution in [2.24, 2.45) is 5.92 Å². The van der Waals surface area contributed by atoms with Crippen LogP contribution in [0.2, 0.25) is 5.02 Å². The van der Waals surface area contributed by atoms with Gasteiger partial charge in [0, 0.05) is 18.8 Å². The topological polar surface area (TPSA) is 15.3 Å². The highest BCUT2D eigenvalue weighted by Gasteiger charge is 2.34. The minimum absolute atomic E-state index is 0.244. The largest absolute Gasteiger partial charge is 0.417 e. The van der Waals surface area contributed by atoms with Crippen molar-refractivity contribution < 1.29 is 13.2 Å². The molecule has 1 saturated heterocycles. The van der Waals surface area contributed by atoms with Gasteiger partial charge in [-0.1, -0.05) is 18.5 Å². The van der Waals surface area contributed by atoms with Crippen molar-refractivity contribution in [2.75, 3.05) is 31.1 Å². The predicted octanol–water partition coefficient (Wildman–Crippen LogP) is 4.18. The van der Waals surface area contributed by atoms with Gasteiger partial charge in [0.25, 0.3) is 0 Å². The highest BCUT2D eigenvalue weighted by Crippen LogP contribution is 2.37. The van der Waals surface area contributed by atoms with Crippen LogP contribution in [-0.4, -0.2) is 26.2 Å². The summed E-state index contributed by atoms with van der Waals surface area (Å²) < 4.78 is 38.7. The molecule has 2 nitrogen and oxygen atoms in total. The van der Waals surface area contributed by atoms with Gasteiger partial charge in [0.2, 0.25) is 0 Å². The fraction of sp³-hybridized carbons (Fsp3) is 0.600. The molecule has 1 atom stereocenters. The summed E-state index contributed by atoms with van der Waals surface area (Å²) in [6.45, 7) is 5.59. The third-order valence-corrected chi connectivity index (χ3v) is 4.10. The van der Waals surface area contributed by atoms with Gasteiger partial charge in [-0.15, -0.1) is 0 Å². The van der Waals surface area contributed by atoms with Crippen LogP contribution >= 0.6 is 11.6 Å². The summed E-state index contributed by atoms with van der Waals surface area (Å²) in [4.78, 5) is 2.00. The fourth-order valence-corrected chi connectivity index (χ4v) is 2.87. The Bertz CT molecular complexity index is 476. The molecule has 1 fully saturated rings. The molecule has 1 N–H and O–H groups in total. The van der Waals surface area contributed by atoms with Gasteiger partial charge in [0.15, 0.2) is 0 Å². The van der Waals surface area contributed by atoms with Crippen molar-refractivity contribution in [2.45, 2.75) is 25.9 Å². The van der Waals surface area contributed by atoms with Crippen LogP contribution in [0.1, 0.15) is 25.3 Å². The van der Waals surface area contributed by atoms with Crippen molar-refractivity contribution in [3.63, 3.8) is 0 Å². The number of hydrogen-bond acceptors (Lipinski definition) is 2. The molecule has 118 valence electrons. The lowest BCUT2D eigenvalue weighted by Gasteiger charge is -2.21. The maximum atomic E-state index is 12.9. The molecule has 0 bridgehead atoms. The minimum Gasteiger partial charge on any atom is -0.371 e. The van der Waals surface area contributed by atoms with Crippen molar-refractivity contribution in [1.82, 2.24) is 5.32 Å². The number of alkyl halides is 3. The molecule has 1 aliphatic heterocycles. The molecule has 6 heteroatoms. The molecule has 0 amide bonds. The summed E-state index contributed by atoms with van der Waals surface area (Å²) in [5.41, 5.74) is -0.154. The van der Waals surface area contributed by atoms with Crippen LogP contribution < -0.4 is 10.2 Å². The van der Waals surface area contributed by atoms with E-state index in [4.69, 9.17) is 11.6 Å². The van der Waals surface area contributed by atoms with Gasteiger partial charge >= 0.3 is 6.18 Å². The van der Waals surface area contributed by atoms with Crippen LogP contribution in [0.5, 0.6) is 0 Å². The molecule has 21 heavy (non-hydrogen) atoms. The Hall–Kier alpha value is -0.940. The van der Waals surface area contributed by atoms with Crippen molar-refractivity contribution >= 4 is 17.3 Å². The number of rotatable bonds is 5. The number of anilines is 1. The van der Waals surface area contributed by atoms with E-state index < -0.39 is 11.7 Å². The van der Waals surface area contributed by atoms with Crippen molar-refractivity contribution in [3.8, 4) is 0 Å². The van der Waals surface area contributed by atoms with Crippen LogP contribution in [0.15, 0.2) is 18.2 Å². The molecular formula is C15H20ClF3N2. The molecular weight excluding hydrogens is 301 g/mol. The van der Waals surface area contributed by atoms with E-state index in [0.29, 0.717) is 11.6 Å². The van der Waals surface area contributed by atoms with Crippen LogP contribution in [0.25, 0.3) is 0 Å². The Morgan fingerprint density at radius 3 is 2.81 bits per heavy atom. The van der Waals surface area contributed by atoms with Crippen LogP contribution in [0.3, 0.4) is 0 Å². The zero-order chi connectivity index (χ0) is 15.5. The minimum atomic E-state index is -4.41. The molecule has 1 unspecified atom stereocenters. The van der Waals surface area contributed by atoms with E-state index >= 15 is 0 Å². The average Bonchev–Trinajstić information content (AvgIpc) is 2.87. The van der Waals surface area contributed by atoms with E-state index in [-0.39, 0.29) is 5.02 Å². The Morgan fingerprint density at radius 2 is 2.14 bits per heavy atom. The number of nitrogens with one attached hydrogen (secondary N) is 1. The summed E-state index contributed by atoms with van der Waals surface area (Å²) in [5, 5.41) is 3.12. The maximum absolute atomic E-state index is 12.9. The molecule has 1 aromatic carbocycles. The first kappa shape index (κ1) is 16.4. The van der Waals surface area contributed by atoms with Crippen molar-refractivity contribution in [1.29, 1.82) is 0 Å². The van der Waals surface area contributed by atoms with Crippen LogP contribution in [0, 0.1) is 5.92 Å². The standard InChI is InChI=1S/C15H20ClF3N2/c1-2-6-20-9-11-5-7-21(10-11)12-3-4-14(16)13(8-12)15(17,18)19/h3-4,8,11,20H,2,5-7,9-10H2,1H3. The Labute approximate surface area is 128 Å². The molecule has 0 saturated carbocycles. The van der Waals surface area contributed by atoms with Gasteiger partial charge in [-0.3, -0.25) is 0 Å². The van der Waals surface area contributed by atoms with Gasteiger partial charge in [-0.2, -0.15) is 13.2 Å². The molecule has 1 aromatic rings. The summed E-state index contributed by atoms with van der Waals surface area (Å²) in [6, 6.07) is 4.16. The monoisotopic (exact) mass is 320 g/mol. The molecule has 1 aliphatic rings. The third-order valence-electron chi connectivity index (χ3n) is 3.77. The zero-order valence-electron chi connectivity index (χ0n) is 12.0. The van der Waals surface area contributed by atoms with E-state index in [1.165, 1.54) is 6.07 Å². The number of hydrogen-bond donors (Lipinski definition) is 1. The first-order valence-corrected chi connectivity index (χ1v) is 7.62. The van der Waals surface area contributed by atoms with Gasteiger partial charge in [0.1, 0.15) is 0 Å². The second-order valence-corrected chi connectivity index (χ2v) is 5.87. The normalized spacial score (nSPS) is 19.3. The maximum Gasteiger partial charge on any atom is 0.417 e. The van der Waals surface area contributed by atoms with Crippen molar-refractivity contribution in [3.05, 3.63) is 28.8 Å². The molecule has 0 radical (unpaired) electrons. The zero-order valence-corrected chi connectivity index (χ0v) is 12.8. The second kappa shape index (κ2) is 6.88. The highest BCUT2D eigenvalue weighted by atomic mass is 35.5. The van der Waals surface area contributed by atoms with E-state index in [2.05, 4.69) is 12.2 Å². The quantitative estimate of drug-likeness (QED) is 0.819. The number of nitrogens with zero attached hydrogens (tertiary/aromatic N) is 1. The first-order chi connectivity index (χ1) is 9.91. The predicted molar refractivity (Wildman–Crippen MR) is 79.9 cm³/mol. The van der Waals surface area contributed by atoms with E-state index in [1.807, 2.05) is 4.90 Å². The number of halogens is 4. The molecule has 1 heterocycles. The average molecular weight is 321 g/mol. The lowest BCUT2D eigenvalue weighted by molar-refractivity contribution is -0.137. The Kier molecular flexibility index (Phi) is 5.38. The smallest absolute Gasteiger partial charge is 0.371 e. The molecule has 0 spiro atoms. The molecule has 0 aliphatic carbocycles. The van der Waals surface area contributed by atoms with Gasteiger partial charge < -0.3 is 10.2 Å². The molecule has 2 rings (SSSR count). The number of benzene rings is 1. The lowest BCUT2D eigenvalue weighted by atomic mass is 10.1. The van der Waals surface area contributed by atoms with Crippen LogP contribution in [0.4, 0.5) is 18.9 Å². The van der Waals surface area contributed by atoms with Crippen LogP contribution in [-0.2, 0) is 6.18 Å². The molecule has 0 aromatic heterocycles. The summed E-state index contributed by atoms with van der Waals surface area (Å²) >= 11 is 5.65. The van der Waals surface area contributed by atoms with E-state index in [1.54, 1.807) is 6.07 Å². The van der Waals surface area contributed by atoms with E-state index in [0.717, 1.165) is 45.1 Å². The Morgan fingerprint density at radius 1 is 1.38 bits per heavy atom. The fourth-order valence-electron chi connectivity index (χ4n) is 2.64. The van der Waals surface area contributed by atoms with E-state index in [9.17, 15) is 13.2 Å². The van der Waals surface area contributed by atoms with Gasteiger partial charge in [0.05, 0.1) is 10.6 Å². The third kappa shape index (κ3) is 4.27. The summed E-state index contributed by atoms with van der Waals surface area (Å²) in [6.07, 6.45) is -2.32. The summed E-state index contributed by atoms with van der Waals surface area (Å²) in [5.74, 6) is 0.488. The Balaban J connectivity index is 2.03. The highest BCUT2D eigenvalue weighted by molar-refractivity contribution is 6.31. The SMILES string of the molecule is CCCNCC1CCN(c2ccc(Cl)c(C(F)(F)F)c2)C1. The second-order valence-electron chi connectivity index (χ2n) is 5.47. The van der Waals surface area contributed by atoms with Gasteiger partial charge in [-0.25, -0.2) is 0 Å². The first-order valence-electron chi connectivity index (χ1n) is 7.24. The summed E-state index contributed by atoms with van der Waals surface area (Å²) in [7, 11) is 0. The van der Waals surface area contributed by atoms with Gasteiger partial charge in [-0.05, 0) is 50.0 Å².